The molecule has 26 heavy (non-hydrogen) atoms. The van der Waals surface area contributed by atoms with E-state index in [-0.39, 0.29) is 30.0 Å². The van der Waals surface area contributed by atoms with Gasteiger partial charge in [-0.05, 0) is 41.6 Å². The first-order valence-electron chi connectivity index (χ1n) is 8.40. The van der Waals surface area contributed by atoms with E-state index < -0.39 is 5.82 Å². The molecular formula is C20H17FN2O3. The van der Waals surface area contributed by atoms with Crippen LogP contribution in [0.4, 0.5) is 4.39 Å². The summed E-state index contributed by atoms with van der Waals surface area (Å²) in [6.45, 7) is -0.109. The van der Waals surface area contributed by atoms with Gasteiger partial charge in [0.1, 0.15) is 5.82 Å². The van der Waals surface area contributed by atoms with Gasteiger partial charge >= 0.3 is 0 Å². The quantitative estimate of drug-likeness (QED) is 0.676. The average Bonchev–Trinajstić information content (AvgIpc) is 3.03. The number of benzene rings is 2. The normalized spacial score (nSPS) is 19.7. The van der Waals surface area contributed by atoms with E-state index >= 15 is 0 Å². The highest BCUT2D eigenvalue weighted by molar-refractivity contribution is 5.90. The number of halogens is 1. The molecule has 2 aromatic carbocycles. The fourth-order valence-electron chi connectivity index (χ4n) is 3.48. The Bertz CT molecular complexity index is 1060. The van der Waals surface area contributed by atoms with E-state index in [9.17, 15) is 19.1 Å². The molecule has 2 heterocycles. The minimum absolute atomic E-state index is 0.109. The van der Waals surface area contributed by atoms with Crippen molar-refractivity contribution in [2.24, 2.45) is 0 Å². The van der Waals surface area contributed by atoms with E-state index in [1.807, 2.05) is 0 Å². The second-order valence-electron chi connectivity index (χ2n) is 6.52. The maximum absolute atomic E-state index is 14.0. The third-order valence-electron chi connectivity index (χ3n) is 4.84. The summed E-state index contributed by atoms with van der Waals surface area (Å²) in [6.07, 6.45) is 0.492. The summed E-state index contributed by atoms with van der Waals surface area (Å²) >= 11 is 0. The lowest BCUT2D eigenvalue weighted by molar-refractivity contribution is -0.120. The molecule has 0 saturated carbocycles. The number of H-pyrrole nitrogens is 1. The lowest BCUT2D eigenvalue weighted by Crippen LogP contribution is -2.28. The fraction of sp³-hybridized carbons (Fsp3) is 0.200. The molecular weight excluding hydrogens is 335 g/mol. The van der Waals surface area contributed by atoms with Crippen LogP contribution in [0.1, 0.15) is 17.9 Å². The Morgan fingerprint density at radius 1 is 1.12 bits per heavy atom. The van der Waals surface area contributed by atoms with Gasteiger partial charge < -0.3 is 15.4 Å². The first-order valence-corrected chi connectivity index (χ1v) is 8.40. The number of carbonyl (C=O) groups is 1. The lowest BCUT2D eigenvalue weighted by Gasteiger charge is -2.10. The highest BCUT2D eigenvalue weighted by Crippen LogP contribution is 2.29. The van der Waals surface area contributed by atoms with E-state index in [1.165, 1.54) is 6.07 Å². The number of aromatic amines is 1. The number of nitrogens with one attached hydrogen (secondary N) is 2. The summed E-state index contributed by atoms with van der Waals surface area (Å²) in [4.78, 5) is 27.3. The molecule has 4 rings (SSSR count). The third kappa shape index (κ3) is 2.78. The van der Waals surface area contributed by atoms with Crippen LogP contribution >= 0.6 is 0 Å². The van der Waals surface area contributed by atoms with Gasteiger partial charge in [0.05, 0.1) is 24.3 Å². The summed E-state index contributed by atoms with van der Waals surface area (Å²) in [5.41, 5.74) is 1.14. The number of aliphatic hydroxyl groups excluding tert-OH is 1. The Morgan fingerprint density at radius 2 is 1.92 bits per heavy atom. The molecule has 3 aromatic rings. The van der Waals surface area contributed by atoms with Gasteiger partial charge in [0.25, 0.3) is 5.56 Å². The molecule has 1 aromatic heterocycles. The van der Waals surface area contributed by atoms with Gasteiger partial charge in [0.15, 0.2) is 0 Å². The van der Waals surface area contributed by atoms with Crippen molar-refractivity contribution in [2.75, 3.05) is 6.61 Å². The molecule has 1 aliphatic rings. The summed E-state index contributed by atoms with van der Waals surface area (Å²) in [5.74, 6) is -0.943. The van der Waals surface area contributed by atoms with Gasteiger partial charge in [-0.1, -0.05) is 24.3 Å². The van der Waals surface area contributed by atoms with Crippen LogP contribution in [-0.4, -0.2) is 28.6 Å². The van der Waals surface area contributed by atoms with Crippen LogP contribution in [0.5, 0.6) is 0 Å². The Kier molecular flexibility index (Phi) is 4.05. The van der Waals surface area contributed by atoms with Crippen LogP contribution in [0.3, 0.4) is 0 Å². The number of pyridine rings is 1. The van der Waals surface area contributed by atoms with E-state index in [4.69, 9.17) is 0 Å². The molecule has 0 radical (unpaired) electrons. The second-order valence-corrected chi connectivity index (χ2v) is 6.52. The predicted octanol–water partition coefficient (Wildman–Crippen LogP) is 2.30. The fourth-order valence-corrected chi connectivity index (χ4v) is 3.48. The van der Waals surface area contributed by atoms with Crippen molar-refractivity contribution in [3.63, 3.8) is 0 Å². The lowest BCUT2D eigenvalue weighted by atomic mass is 9.93. The molecule has 1 fully saturated rings. The molecule has 2 atom stereocenters. The van der Waals surface area contributed by atoms with Gasteiger partial charge in [0, 0.05) is 10.9 Å². The number of aromatic nitrogens is 1. The van der Waals surface area contributed by atoms with Crippen molar-refractivity contribution < 1.29 is 14.3 Å². The van der Waals surface area contributed by atoms with Crippen LogP contribution in [0.2, 0.25) is 0 Å². The molecule has 132 valence electrons. The molecule has 1 unspecified atom stereocenters. The molecule has 1 amide bonds. The minimum atomic E-state index is -0.406. The third-order valence-corrected chi connectivity index (χ3v) is 4.84. The van der Waals surface area contributed by atoms with Crippen molar-refractivity contribution in [1.29, 1.82) is 0 Å². The Labute approximate surface area is 148 Å². The standard InChI is InChI=1S/C20H17FN2O3/c21-17-4-2-1-3-14(17)18-8-12-6-5-11(7-15(12)20(26)23-18)16-9-13(10-24)22-19(16)25/h1-8,13,16,24H,9-10H2,(H,22,25)(H,23,26)/t13?,16-/m0/s1. The molecule has 1 aliphatic heterocycles. The van der Waals surface area contributed by atoms with Crippen LogP contribution in [0, 0.1) is 5.82 Å². The van der Waals surface area contributed by atoms with Crippen molar-refractivity contribution in [3.05, 3.63) is 70.3 Å². The molecule has 5 nitrogen and oxygen atoms in total. The van der Waals surface area contributed by atoms with Gasteiger partial charge in [-0.3, -0.25) is 9.59 Å². The second kappa shape index (κ2) is 6.38. The van der Waals surface area contributed by atoms with E-state index in [0.717, 1.165) is 5.56 Å². The summed E-state index contributed by atoms with van der Waals surface area (Å²) < 4.78 is 14.0. The van der Waals surface area contributed by atoms with E-state index in [0.29, 0.717) is 28.5 Å². The topological polar surface area (TPSA) is 82.2 Å². The van der Waals surface area contributed by atoms with Gasteiger partial charge in [-0.15, -0.1) is 0 Å². The minimum Gasteiger partial charge on any atom is -0.394 e. The first kappa shape index (κ1) is 16.5. The smallest absolute Gasteiger partial charge is 0.256 e. The average molecular weight is 352 g/mol. The van der Waals surface area contributed by atoms with E-state index in [1.54, 1.807) is 42.5 Å². The van der Waals surface area contributed by atoms with Crippen molar-refractivity contribution in [1.82, 2.24) is 10.3 Å². The maximum Gasteiger partial charge on any atom is 0.256 e. The highest BCUT2D eigenvalue weighted by Gasteiger charge is 2.32. The van der Waals surface area contributed by atoms with E-state index in [2.05, 4.69) is 10.3 Å². The number of amides is 1. The van der Waals surface area contributed by atoms with Gasteiger partial charge in [0.2, 0.25) is 5.91 Å². The number of rotatable bonds is 3. The first-order chi connectivity index (χ1) is 12.6. The summed E-state index contributed by atoms with van der Waals surface area (Å²) in [6, 6.07) is 13.0. The van der Waals surface area contributed by atoms with Crippen LogP contribution in [-0.2, 0) is 4.79 Å². The molecule has 3 N–H and O–H groups in total. The number of fused-ring (bicyclic) bond motifs is 1. The molecule has 6 heteroatoms. The number of hydrogen-bond acceptors (Lipinski definition) is 3. The number of aliphatic hydroxyl groups is 1. The van der Waals surface area contributed by atoms with Gasteiger partial charge in [-0.25, -0.2) is 4.39 Å². The van der Waals surface area contributed by atoms with Crippen molar-refractivity contribution in [3.8, 4) is 11.3 Å². The summed E-state index contributed by atoms with van der Waals surface area (Å²) in [5, 5.41) is 13.1. The zero-order valence-corrected chi connectivity index (χ0v) is 13.8. The molecule has 0 bridgehead atoms. The number of hydrogen-bond donors (Lipinski definition) is 3. The Hall–Kier alpha value is -2.99. The Morgan fingerprint density at radius 3 is 2.65 bits per heavy atom. The number of carbonyl (C=O) groups excluding carboxylic acids is 1. The highest BCUT2D eigenvalue weighted by atomic mass is 19.1. The SMILES string of the molecule is O=C1NC(CO)C[C@H]1c1ccc2cc(-c3ccccc3F)[nH]c(=O)c2c1. The van der Waals surface area contributed by atoms with Crippen molar-refractivity contribution in [2.45, 2.75) is 18.4 Å². The monoisotopic (exact) mass is 352 g/mol. The zero-order chi connectivity index (χ0) is 18.3. The maximum atomic E-state index is 14.0. The molecule has 1 saturated heterocycles. The van der Waals surface area contributed by atoms with Crippen LogP contribution in [0.25, 0.3) is 22.0 Å². The largest absolute Gasteiger partial charge is 0.394 e. The Balaban J connectivity index is 1.78. The molecule has 0 spiro atoms. The van der Waals surface area contributed by atoms with Crippen molar-refractivity contribution >= 4 is 16.7 Å². The zero-order valence-electron chi connectivity index (χ0n) is 13.8. The summed E-state index contributed by atoms with van der Waals surface area (Å²) in [7, 11) is 0. The predicted molar refractivity (Wildman–Crippen MR) is 96.3 cm³/mol. The molecule has 0 aliphatic carbocycles. The van der Waals surface area contributed by atoms with Crippen LogP contribution in [0.15, 0.2) is 53.3 Å². The van der Waals surface area contributed by atoms with Gasteiger partial charge in [-0.2, -0.15) is 0 Å². The van der Waals surface area contributed by atoms with Crippen LogP contribution < -0.4 is 10.9 Å².